The van der Waals surface area contributed by atoms with Gasteiger partial charge < -0.3 is 9.80 Å². The number of hydrogen-bond donors (Lipinski definition) is 0. The molecule has 32 heavy (non-hydrogen) atoms. The van der Waals surface area contributed by atoms with Gasteiger partial charge in [0.25, 0.3) is 0 Å². The van der Waals surface area contributed by atoms with Gasteiger partial charge in [0.2, 0.25) is 5.91 Å². The minimum Gasteiger partial charge on any atom is -0.345 e. The Morgan fingerprint density at radius 1 is 1.03 bits per heavy atom. The van der Waals surface area contributed by atoms with E-state index in [2.05, 4.69) is 30.0 Å². The molecule has 0 bridgehead atoms. The summed E-state index contributed by atoms with van der Waals surface area (Å²) < 4.78 is 25.9. The van der Waals surface area contributed by atoms with Crippen molar-refractivity contribution in [3.8, 4) is 0 Å². The number of carbonyl (C=O) groups is 1. The first-order valence-corrected chi connectivity index (χ1v) is 13.7. The van der Waals surface area contributed by atoms with Crippen LogP contribution in [0.2, 0.25) is 0 Å². The summed E-state index contributed by atoms with van der Waals surface area (Å²) in [6.07, 6.45) is 1.60. The average Bonchev–Trinajstić information content (AvgIpc) is 3.24. The van der Waals surface area contributed by atoms with Crippen molar-refractivity contribution in [2.75, 3.05) is 36.8 Å². The first-order valence-electron chi connectivity index (χ1n) is 11.1. The topological polar surface area (TPSA) is 70.6 Å². The van der Waals surface area contributed by atoms with Crippen LogP contribution in [0.3, 0.4) is 0 Å². The molecular formula is C24H29N3O3S2. The van der Waals surface area contributed by atoms with Crippen LogP contribution in [-0.2, 0) is 26.8 Å². The quantitative estimate of drug-likeness (QED) is 0.498. The zero-order valence-corrected chi connectivity index (χ0v) is 20.0. The van der Waals surface area contributed by atoms with Gasteiger partial charge in [-0.3, -0.25) is 4.79 Å². The fourth-order valence-corrected chi connectivity index (χ4v) is 6.56. The molecule has 1 fully saturated rings. The van der Waals surface area contributed by atoms with E-state index in [0.29, 0.717) is 19.5 Å². The highest BCUT2D eigenvalue weighted by molar-refractivity contribution is 7.90. The first-order chi connectivity index (χ1) is 15.4. The number of thiazole rings is 1. The predicted molar refractivity (Wildman–Crippen MR) is 131 cm³/mol. The number of aromatic nitrogens is 1. The summed E-state index contributed by atoms with van der Waals surface area (Å²) in [7, 11) is -3.21. The van der Waals surface area contributed by atoms with E-state index in [1.807, 2.05) is 35.2 Å². The Kier molecular flexibility index (Phi) is 7.10. The number of carbonyl (C=O) groups excluding carboxylic acids is 1. The highest BCUT2D eigenvalue weighted by Gasteiger charge is 2.23. The van der Waals surface area contributed by atoms with Crippen molar-refractivity contribution in [3.05, 3.63) is 59.7 Å². The lowest BCUT2D eigenvalue weighted by Crippen LogP contribution is -2.48. The molecule has 1 aromatic heterocycles. The number of rotatable bonds is 8. The molecule has 1 saturated heterocycles. The summed E-state index contributed by atoms with van der Waals surface area (Å²) in [5.74, 6) is 0.110. The normalized spacial score (nSPS) is 14.8. The van der Waals surface area contributed by atoms with Crippen molar-refractivity contribution in [1.82, 2.24) is 9.88 Å². The molecule has 4 rings (SSSR count). The average molecular weight is 472 g/mol. The van der Waals surface area contributed by atoms with Crippen LogP contribution in [0.15, 0.2) is 48.5 Å². The van der Waals surface area contributed by atoms with E-state index in [0.717, 1.165) is 35.7 Å². The van der Waals surface area contributed by atoms with E-state index in [1.165, 1.54) is 10.3 Å². The second kappa shape index (κ2) is 10.0. The van der Waals surface area contributed by atoms with Gasteiger partial charge >= 0.3 is 0 Å². The molecular weight excluding hydrogens is 442 g/mol. The summed E-state index contributed by atoms with van der Waals surface area (Å²) in [5.41, 5.74) is 3.14. The van der Waals surface area contributed by atoms with Gasteiger partial charge in [-0.2, -0.15) is 0 Å². The van der Waals surface area contributed by atoms with Crippen LogP contribution in [0.1, 0.15) is 30.9 Å². The van der Waals surface area contributed by atoms with Gasteiger partial charge in [0, 0.05) is 32.6 Å². The van der Waals surface area contributed by atoms with Gasteiger partial charge in [-0.15, -0.1) is 0 Å². The minimum atomic E-state index is -3.21. The second-order valence-corrected chi connectivity index (χ2v) is 11.4. The number of piperazine rings is 1. The number of hydrogen-bond acceptors (Lipinski definition) is 6. The van der Waals surface area contributed by atoms with E-state index in [-0.39, 0.29) is 23.8 Å². The number of fused-ring (bicyclic) bond motifs is 1. The minimum absolute atomic E-state index is 0.0304. The number of aryl methyl sites for hydroxylation is 1. The Bertz CT molecular complexity index is 1170. The van der Waals surface area contributed by atoms with Crippen LogP contribution < -0.4 is 4.90 Å². The summed E-state index contributed by atoms with van der Waals surface area (Å²) >= 11 is 1.70. The second-order valence-electron chi connectivity index (χ2n) is 8.16. The number of benzene rings is 2. The Balaban J connectivity index is 1.26. The molecule has 170 valence electrons. The van der Waals surface area contributed by atoms with Crippen LogP contribution in [0.25, 0.3) is 10.2 Å². The van der Waals surface area contributed by atoms with Gasteiger partial charge in [0.05, 0.1) is 21.7 Å². The zero-order chi connectivity index (χ0) is 22.6. The van der Waals surface area contributed by atoms with Crippen molar-refractivity contribution >= 4 is 42.4 Å². The summed E-state index contributed by atoms with van der Waals surface area (Å²) in [4.78, 5) is 21.6. The molecule has 0 N–H and O–H groups in total. The lowest BCUT2D eigenvalue weighted by atomic mass is 10.1. The Morgan fingerprint density at radius 3 is 2.50 bits per heavy atom. The van der Waals surface area contributed by atoms with E-state index in [4.69, 9.17) is 4.98 Å². The first kappa shape index (κ1) is 22.7. The summed E-state index contributed by atoms with van der Waals surface area (Å²) in [6.45, 7) is 4.93. The molecule has 0 radical (unpaired) electrons. The molecule has 1 amide bonds. The van der Waals surface area contributed by atoms with Gasteiger partial charge in [0.1, 0.15) is 0 Å². The fourth-order valence-electron chi connectivity index (χ4n) is 4.06. The largest absolute Gasteiger partial charge is 0.345 e. The van der Waals surface area contributed by atoms with Crippen molar-refractivity contribution in [2.45, 2.75) is 31.9 Å². The van der Waals surface area contributed by atoms with Gasteiger partial charge in [-0.05, 0) is 30.0 Å². The number of amides is 1. The predicted octanol–water partition coefficient (Wildman–Crippen LogP) is 3.90. The molecule has 1 aliphatic rings. The molecule has 8 heteroatoms. The number of para-hydroxylation sites is 1. The van der Waals surface area contributed by atoms with Crippen molar-refractivity contribution in [2.24, 2.45) is 0 Å². The van der Waals surface area contributed by atoms with E-state index < -0.39 is 9.84 Å². The molecule has 2 aromatic carbocycles. The highest BCUT2D eigenvalue weighted by atomic mass is 32.2. The van der Waals surface area contributed by atoms with Gasteiger partial charge in [-0.1, -0.05) is 60.7 Å². The number of sulfone groups is 1. The van der Waals surface area contributed by atoms with Crippen LogP contribution >= 0.6 is 11.3 Å². The smallest absolute Gasteiger partial charge is 0.222 e. The van der Waals surface area contributed by atoms with Crippen molar-refractivity contribution in [1.29, 1.82) is 0 Å². The monoisotopic (exact) mass is 471 g/mol. The molecule has 0 unspecified atom stereocenters. The fraction of sp³-hybridized carbons (Fsp3) is 0.417. The van der Waals surface area contributed by atoms with Crippen LogP contribution in [0, 0.1) is 0 Å². The third-order valence-electron chi connectivity index (χ3n) is 5.85. The van der Waals surface area contributed by atoms with E-state index in [9.17, 15) is 13.2 Å². The standard InChI is InChI=1S/C24H29N3O3S2/c1-2-20-10-6-11-21-23(20)25-24(31-21)27-15-13-26(14-16-27)22(28)12-7-17-32(29,30)18-19-8-4-3-5-9-19/h3-6,8-11H,2,7,12-18H2,1H3. The van der Waals surface area contributed by atoms with Crippen LogP contribution in [-0.4, -0.2) is 56.1 Å². The zero-order valence-electron chi connectivity index (χ0n) is 18.4. The van der Waals surface area contributed by atoms with Crippen LogP contribution in [0.5, 0.6) is 0 Å². The van der Waals surface area contributed by atoms with Gasteiger partial charge in [0.15, 0.2) is 15.0 Å². The SMILES string of the molecule is CCc1cccc2sc(N3CCN(C(=O)CCCS(=O)(=O)Cc4ccccc4)CC3)nc12. The number of nitrogens with zero attached hydrogens (tertiary/aromatic N) is 3. The maximum atomic E-state index is 12.6. The highest BCUT2D eigenvalue weighted by Crippen LogP contribution is 2.31. The lowest BCUT2D eigenvalue weighted by Gasteiger charge is -2.34. The Morgan fingerprint density at radius 2 is 1.78 bits per heavy atom. The third kappa shape index (κ3) is 5.48. The molecule has 0 saturated carbocycles. The van der Waals surface area contributed by atoms with Gasteiger partial charge in [-0.25, -0.2) is 13.4 Å². The third-order valence-corrected chi connectivity index (χ3v) is 8.62. The Labute approximate surface area is 193 Å². The molecule has 2 heterocycles. The van der Waals surface area contributed by atoms with Crippen LogP contribution in [0.4, 0.5) is 5.13 Å². The van der Waals surface area contributed by atoms with Crippen molar-refractivity contribution in [3.63, 3.8) is 0 Å². The summed E-state index contributed by atoms with van der Waals surface area (Å²) in [6, 6.07) is 15.5. The van der Waals surface area contributed by atoms with E-state index >= 15 is 0 Å². The molecule has 1 aliphatic heterocycles. The molecule has 3 aromatic rings. The molecule has 0 atom stereocenters. The maximum Gasteiger partial charge on any atom is 0.222 e. The van der Waals surface area contributed by atoms with Crippen molar-refractivity contribution < 1.29 is 13.2 Å². The number of anilines is 1. The summed E-state index contributed by atoms with van der Waals surface area (Å²) in [5, 5.41) is 1.01. The molecule has 0 spiro atoms. The Hall–Kier alpha value is -2.45. The lowest BCUT2D eigenvalue weighted by molar-refractivity contribution is -0.131. The molecule has 6 nitrogen and oxygen atoms in total. The van der Waals surface area contributed by atoms with E-state index in [1.54, 1.807) is 11.3 Å². The maximum absolute atomic E-state index is 12.6. The molecule has 0 aliphatic carbocycles.